The number of ether oxygens (including phenoxy) is 1. The van der Waals surface area contributed by atoms with Gasteiger partial charge in [-0.05, 0) is 24.6 Å². The molecule has 13 heavy (non-hydrogen) atoms. The summed E-state index contributed by atoms with van der Waals surface area (Å²) in [5.41, 5.74) is 0.572. The van der Waals surface area contributed by atoms with E-state index in [0.29, 0.717) is 17.9 Å². The molecular formula is C10H10BrNO. The fourth-order valence-electron chi connectivity index (χ4n) is 0.927. The lowest BCUT2D eigenvalue weighted by Gasteiger charge is -2.05. The predicted octanol–water partition coefficient (Wildman–Crippen LogP) is 3.11. The third kappa shape index (κ3) is 2.74. The van der Waals surface area contributed by atoms with Crippen molar-refractivity contribution < 1.29 is 4.74 Å². The molecule has 0 atom stereocenters. The van der Waals surface area contributed by atoms with Crippen molar-refractivity contribution in [1.82, 2.24) is 0 Å². The zero-order valence-corrected chi connectivity index (χ0v) is 8.97. The third-order valence-electron chi connectivity index (χ3n) is 1.52. The molecule has 1 aromatic carbocycles. The molecule has 0 heterocycles. The molecule has 0 spiro atoms. The van der Waals surface area contributed by atoms with Crippen molar-refractivity contribution in [2.24, 2.45) is 0 Å². The average molecular weight is 240 g/mol. The van der Waals surface area contributed by atoms with Crippen LogP contribution in [-0.2, 0) is 0 Å². The van der Waals surface area contributed by atoms with Gasteiger partial charge in [-0.2, -0.15) is 5.26 Å². The average Bonchev–Trinajstić information content (AvgIpc) is 2.16. The third-order valence-corrected chi connectivity index (χ3v) is 2.02. The number of nitriles is 1. The highest BCUT2D eigenvalue weighted by Crippen LogP contribution is 2.22. The molecule has 0 unspecified atom stereocenters. The van der Waals surface area contributed by atoms with Crippen LogP contribution in [0.5, 0.6) is 5.75 Å². The zero-order chi connectivity index (χ0) is 9.68. The van der Waals surface area contributed by atoms with Crippen LogP contribution in [0.4, 0.5) is 0 Å². The van der Waals surface area contributed by atoms with E-state index >= 15 is 0 Å². The van der Waals surface area contributed by atoms with E-state index in [9.17, 15) is 0 Å². The molecule has 3 heteroatoms. The number of benzene rings is 1. The van der Waals surface area contributed by atoms with E-state index < -0.39 is 0 Å². The Morgan fingerprint density at radius 1 is 1.54 bits per heavy atom. The van der Waals surface area contributed by atoms with Crippen LogP contribution < -0.4 is 4.74 Å². The van der Waals surface area contributed by atoms with Gasteiger partial charge in [0.2, 0.25) is 0 Å². The number of halogens is 1. The van der Waals surface area contributed by atoms with E-state index in [4.69, 9.17) is 10.00 Å². The summed E-state index contributed by atoms with van der Waals surface area (Å²) in [6.07, 6.45) is 0.945. The van der Waals surface area contributed by atoms with Gasteiger partial charge in [0.25, 0.3) is 0 Å². The van der Waals surface area contributed by atoms with Gasteiger partial charge < -0.3 is 4.74 Å². The van der Waals surface area contributed by atoms with Gasteiger partial charge in [0, 0.05) is 4.47 Å². The van der Waals surface area contributed by atoms with Crippen LogP contribution in [0.1, 0.15) is 18.9 Å². The Balaban J connectivity index is 2.88. The van der Waals surface area contributed by atoms with Crippen molar-refractivity contribution >= 4 is 15.9 Å². The molecule has 2 nitrogen and oxygen atoms in total. The lowest BCUT2D eigenvalue weighted by molar-refractivity contribution is 0.316. The highest BCUT2D eigenvalue weighted by atomic mass is 79.9. The van der Waals surface area contributed by atoms with Crippen molar-refractivity contribution in [3.63, 3.8) is 0 Å². The Labute approximate surface area is 86.3 Å². The second kappa shape index (κ2) is 4.88. The van der Waals surface area contributed by atoms with Crippen LogP contribution in [0, 0.1) is 11.3 Å². The minimum atomic E-state index is 0.572. The highest BCUT2D eigenvalue weighted by Gasteiger charge is 2.02. The van der Waals surface area contributed by atoms with Gasteiger partial charge in [-0.3, -0.25) is 0 Å². The summed E-state index contributed by atoms with van der Waals surface area (Å²) in [4.78, 5) is 0. The van der Waals surface area contributed by atoms with Crippen LogP contribution in [0.2, 0.25) is 0 Å². The molecule has 0 saturated carbocycles. The summed E-state index contributed by atoms with van der Waals surface area (Å²) in [7, 11) is 0. The largest absolute Gasteiger partial charge is 0.492 e. The monoisotopic (exact) mass is 239 g/mol. The maximum Gasteiger partial charge on any atom is 0.137 e. The first kappa shape index (κ1) is 10.1. The molecule has 0 radical (unpaired) electrons. The molecule has 0 aliphatic carbocycles. The number of nitrogens with zero attached hydrogens (tertiary/aromatic N) is 1. The standard InChI is InChI=1S/C10H10BrNO/c1-2-5-13-10-4-3-9(11)6-8(10)7-12/h3-4,6H,2,5H2,1H3. The smallest absolute Gasteiger partial charge is 0.137 e. The van der Waals surface area contributed by atoms with Gasteiger partial charge in [0.05, 0.1) is 12.2 Å². The van der Waals surface area contributed by atoms with E-state index in [0.717, 1.165) is 10.9 Å². The van der Waals surface area contributed by atoms with Gasteiger partial charge in [0.1, 0.15) is 11.8 Å². The Hall–Kier alpha value is -1.01. The minimum absolute atomic E-state index is 0.572. The molecule has 0 aromatic heterocycles. The van der Waals surface area contributed by atoms with E-state index in [1.54, 1.807) is 12.1 Å². The molecular weight excluding hydrogens is 230 g/mol. The lowest BCUT2D eigenvalue weighted by atomic mass is 10.2. The predicted molar refractivity (Wildman–Crippen MR) is 54.6 cm³/mol. The van der Waals surface area contributed by atoms with Crippen LogP contribution in [0.15, 0.2) is 22.7 Å². The number of hydrogen-bond donors (Lipinski definition) is 0. The van der Waals surface area contributed by atoms with E-state index in [-0.39, 0.29) is 0 Å². The molecule has 0 aliphatic heterocycles. The van der Waals surface area contributed by atoms with Gasteiger partial charge in [-0.1, -0.05) is 22.9 Å². The van der Waals surface area contributed by atoms with Crippen LogP contribution in [0.25, 0.3) is 0 Å². The normalized spacial score (nSPS) is 9.31. The van der Waals surface area contributed by atoms with Gasteiger partial charge in [-0.25, -0.2) is 0 Å². The van der Waals surface area contributed by atoms with Crippen molar-refractivity contribution in [2.75, 3.05) is 6.61 Å². The summed E-state index contributed by atoms with van der Waals surface area (Å²) in [5.74, 6) is 0.660. The summed E-state index contributed by atoms with van der Waals surface area (Å²) < 4.78 is 6.29. The summed E-state index contributed by atoms with van der Waals surface area (Å²) >= 11 is 3.30. The van der Waals surface area contributed by atoms with Crippen molar-refractivity contribution in [3.05, 3.63) is 28.2 Å². The molecule has 0 saturated heterocycles. The Morgan fingerprint density at radius 2 is 2.31 bits per heavy atom. The van der Waals surface area contributed by atoms with E-state index in [2.05, 4.69) is 22.0 Å². The fraction of sp³-hybridized carbons (Fsp3) is 0.300. The van der Waals surface area contributed by atoms with Crippen LogP contribution >= 0.6 is 15.9 Å². The first-order chi connectivity index (χ1) is 6.27. The molecule has 0 aliphatic rings. The molecule has 0 amide bonds. The van der Waals surface area contributed by atoms with Crippen molar-refractivity contribution in [1.29, 1.82) is 5.26 Å². The first-order valence-electron chi connectivity index (χ1n) is 4.10. The Morgan fingerprint density at radius 3 is 2.92 bits per heavy atom. The molecule has 0 N–H and O–H groups in total. The van der Waals surface area contributed by atoms with Gasteiger partial charge in [0.15, 0.2) is 0 Å². The Kier molecular flexibility index (Phi) is 3.78. The van der Waals surface area contributed by atoms with E-state index in [1.807, 2.05) is 13.0 Å². The quantitative estimate of drug-likeness (QED) is 0.813. The fourth-order valence-corrected chi connectivity index (χ4v) is 1.29. The van der Waals surface area contributed by atoms with Crippen molar-refractivity contribution in [3.8, 4) is 11.8 Å². The zero-order valence-electron chi connectivity index (χ0n) is 7.38. The number of hydrogen-bond acceptors (Lipinski definition) is 2. The SMILES string of the molecule is CCCOc1ccc(Br)cc1C#N. The minimum Gasteiger partial charge on any atom is -0.492 e. The van der Waals surface area contributed by atoms with E-state index in [1.165, 1.54) is 0 Å². The van der Waals surface area contributed by atoms with Gasteiger partial charge >= 0.3 is 0 Å². The van der Waals surface area contributed by atoms with Crippen LogP contribution in [0.3, 0.4) is 0 Å². The molecule has 68 valence electrons. The lowest BCUT2D eigenvalue weighted by Crippen LogP contribution is -1.96. The molecule has 1 rings (SSSR count). The first-order valence-corrected chi connectivity index (χ1v) is 4.89. The van der Waals surface area contributed by atoms with Crippen molar-refractivity contribution in [2.45, 2.75) is 13.3 Å². The van der Waals surface area contributed by atoms with Crippen LogP contribution in [-0.4, -0.2) is 6.61 Å². The maximum absolute atomic E-state index is 8.79. The summed E-state index contributed by atoms with van der Waals surface area (Å²) in [5, 5.41) is 8.79. The highest BCUT2D eigenvalue weighted by molar-refractivity contribution is 9.10. The topological polar surface area (TPSA) is 33.0 Å². The summed E-state index contributed by atoms with van der Waals surface area (Å²) in [6.45, 7) is 2.68. The number of rotatable bonds is 3. The van der Waals surface area contributed by atoms with Gasteiger partial charge in [-0.15, -0.1) is 0 Å². The maximum atomic E-state index is 8.79. The second-order valence-electron chi connectivity index (χ2n) is 2.60. The Bertz CT molecular complexity index is 330. The second-order valence-corrected chi connectivity index (χ2v) is 3.52. The molecule has 0 fully saturated rings. The summed E-state index contributed by atoms with van der Waals surface area (Å²) in [6, 6.07) is 7.52. The molecule has 0 bridgehead atoms. The molecule has 1 aromatic rings.